The number of hydrogen-bond acceptors (Lipinski definition) is 3. The molecular formula is C12H19N3O. The van der Waals surface area contributed by atoms with Crippen LogP contribution in [0.15, 0.2) is 18.3 Å². The Morgan fingerprint density at radius 1 is 1.44 bits per heavy atom. The average molecular weight is 221 g/mol. The fourth-order valence-corrected chi connectivity index (χ4v) is 1.34. The summed E-state index contributed by atoms with van der Waals surface area (Å²) in [4.78, 5) is 16.0. The van der Waals surface area contributed by atoms with Gasteiger partial charge in [0.15, 0.2) is 0 Å². The number of amides is 1. The fraction of sp³-hybridized carbons (Fsp3) is 0.500. The van der Waals surface area contributed by atoms with E-state index in [0.29, 0.717) is 5.82 Å². The van der Waals surface area contributed by atoms with Crippen LogP contribution in [-0.2, 0) is 4.79 Å². The van der Waals surface area contributed by atoms with Gasteiger partial charge in [0.1, 0.15) is 5.82 Å². The molecule has 0 spiro atoms. The fourth-order valence-electron chi connectivity index (χ4n) is 1.34. The molecular weight excluding hydrogens is 202 g/mol. The number of carbonyl (C=O) groups is 1. The summed E-state index contributed by atoms with van der Waals surface area (Å²) in [5.41, 5.74) is 0.491. The number of anilines is 1. The highest BCUT2D eigenvalue weighted by atomic mass is 16.2. The standard InChI is InChI=1S/C12H19N3O/c1-5-14-12(3,4)11(16)15-10-7-6-9(2)8-13-10/h6-8,14H,5H2,1-4H3,(H,13,15,16). The van der Waals surface area contributed by atoms with Gasteiger partial charge >= 0.3 is 0 Å². The van der Waals surface area contributed by atoms with Crippen LogP contribution in [0.3, 0.4) is 0 Å². The second kappa shape index (κ2) is 5.07. The molecule has 0 aliphatic carbocycles. The molecule has 1 aromatic heterocycles. The maximum Gasteiger partial charge on any atom is 0.245 e. The lowest BCUT2D eigenvalue weighted by Crippen LogP contribution is -2.49. The van der Waals surface area contributed by atoms with Gasteiger partial charge < -0.3 is 10.6 Å². The molecule has 0 unspecified atom stereocenters. The minimum absolute atomic E-state index is 0.0781. The molecule has 2 N–H and O–H groups in total. The molecule has 88 valence electrons. The zero-order chi connectivity index (χ0) is 12.2. The molecule has 0 aromatic carbocycles. The number of nitrogens with zero attached hydrogens (tertiary/aromatic N) is 1. The molecule has 0 fully saturated rings. The van der Waals surface area contributed by atoms with E-state index in [0.717, 1.165) is 12.1 Å². The zero-order valence-electron chi connectivity index (χ0n) is 10.3. The van der Waals surface area contributed by atoms with E-state index in [1.54, 1.807) is 12.3 Å². The molecule has 1 amide bonds. The van der Waals surface area contributed by atoms with Crippen LogP contribution in [0.25, 0.3) is 0 Å². The lowest BCUT2D eigenvalue weighted by Gasteiger charge is -2.24. The van der Waals surface area contributed by atoms with Crippen molar-refractivity contribution in [3.05, 3.63) is 23.9 Å². The molecule has 1 aromatic rings. The Hall–Kier alpha value is -1.42. The zero-order valence-corrected chi connectivity index (χ0v) is 10.3. The minimum atomic E-state index is -0.582. The molecule has 1 heterocycles. The van der Waals surface area contributed by atoms with E-state index in [9.17, 15) is 4.79 Å². The number of rotatable bonds is 4. The second-order valence-corrected chi connectivity index (χ2v) is 4.33. The lowest BCUT2D eigenvalue weighted by molar-refractivity contribution is -0.121. The van der Waals surface area contributed by atoms with Crippen molar-refractivity contribution in [2.75, 3.05) is 11.9 Å². The molecule has 1 rings (SSSR count). The summed E-state index contributed by atoms with van der Waals surface area (Å²) in [7, 11) is 0. The van der Waals surface area contributed by atoms with Crippen molar-refractivity contribution in [2.24, 2.45) is 0 Å². The van der Waals surface area contributed by atoms with Crippen molar-refractivity contribution in [1.29, 1.82) is 0 Å². The maximum absolute atomic E-state index is 11.9. The van der Waals surface area contributed by atoms with E-state index in [1.165, 1.54) is 0 Å². The maximum atomic E-state index is 11.9. The summed E-state index contributed by atoms with van der Waals surface area (Å²) in [6.07, 6.45) is 1.73. The van der Waals surface area contributed by atoms with Crippen molar-refractivity contribution in [3.8, 4) is 0 Å². The molecule has 0 aliphatic heterocycles. The van der Waals surface area contributed by atoms with Crippen LogP contribution >= 0.6 is 0 Å². The van der Waals surface area contributed by atoms with Crippen LogP contribution in [0.1, 0.15) is 26.3 Å². The van der Waals surface area contributed by atoms with Crippen LogP contribution in [0.5, 0.6) is 0 Å². The van der Waals surface area contributed by atoms with Gasteiger partial charge in [0.2, 0.25) is 5.91 Å². The van der Waals surface area contributed by atoms with Gasteiger partial charge in [-0.05, 0) is 38.9 Å². The highest BCUT2D eigenvalue weighted by Gasteiger charge is 2.26. The van der Waals surface area contributed by atoms with Crippen molar-refractivity contribution in [1.82, 2.24) is 10.3 Å². The third kappa shape index (κ3) is 3.31. The minimum Gasteiger partial charge on any atom is -0.309 e. The topological polar surface area (TPSA) is 54.0 Å². The van der Waals surface area contributed by atoms with Crippen molar-refractivity contribution in [2.45, 2.75) is 33.2 Å². The van der Waals surface area contributed by atoms with Crippen LogP contribution < -0.4 is 10.6 Å². The third-order valence-electron chi connectivity index (χ3n) is 2.34. The van der Waals surface area contributed by atoms with Gasteiger partial charge in [0.25, 0.3) is 0 Å². The van der Waals surface area contributed by atoms with Gasteiger partial charge in [-0.25, -0.2) is 4.98 Å². The SMILES string of the molecule is CCNC(C)(C)C(=O)Nc1ccc(C)cn1. The Balaban J connectivity index is 2.67. The third-order valence-corrected chi connectivity index (χ3v) is 2.34. The van der Waals surface area contributed by atoms with Gasteiger partial charge in [-0.15, -0.1) is 0 Å². The smallest absolute Gasteiger partial charge is 0.245 e. The number of nitrogens with one attached hydrogen (secondary N) is 2. The second-order valence-electron chi connectivity index (χ2n) is 4.33. The normalized spacial score (nSPS) is 11.2. The van der Waals surface area contributed by atoms with Crippen LogP contribution in [0.2, 0.25) is 0 Å². The van der Waals surface area contributed by atoms with E-state index in [4.69, 9.17) is 0 Å². The Morgan fingerprint density at radius 2 is 2.12 bits per heavy atom. The largest absolute Gasteiger partial charge is 0.309 e. The van der Waals surface area contributed by atoms with E-state index in [-0.39, 0.29) is 5.91 Å². The molecule has 0 radical (unpaired) electrons. The number of hydrogen-bond donors (Lipinski definition) is 2. The van der Waals surface area contributed by atoms with Gasteiger partial charge in [0, 0.05) is 6.20 Å². The van der Waals surface area contributed by atoms with Crippen LogP contribution in [0.4, 0.5) is 5.82 Å². The first-order chi connectivity index (χ1) is 7.45. The van der Waals surface area contributed by atoms with E-state index < -0.39 is 5.54 Å². The quantitative estimate of drug-likeness (QED) is 0.814. The number of likely N-dealkylation sites (N-methyl/N-ethyl adjacent to an activating group) is 1. The predicted molar refractivity (Wildman–Crippen MR) is 65.4 cm³/mol. The first-order valence-corrected chi connectivity index (χ1v) is 5.45. The Labute approximate surface area is 96.5 Å². The van der Waals surface area contributed by atoms with Gasteiger partial charge in [-0.3, -0.25) is 4.79 Å². The number of aromatic nitrogens is 1. The first-order valence-electron chi connectivity index (χ1n) is 5.45. The lowest BCUT2D eigenvalue weighted by atomic mass is 10.0. The summed E-state index contributed by atoms with van der Waals surface area (Å²) >= 11 is 0. The Morgan fingerprint density at radius 3 is 2.62 bits per heavy atom. The van der Waals surface area contributed by atoms with E-state index >= 15 is 0 Å². The number of pyridine rings is 1. The molecule has 16 heavy (non-hydrogen) atoms. The Bertz CT molecular complexity index is 357. The highest BCUT2D eigenvalue weighted by molar-refractivity contribution is 5.96. The van der Waals surface area contributed by atoms with Gasteiger partial charge in [0.05, 0.1) is 5.54 Å². The van der Waals surface area contributed by atoms with Gasteiger partial charge in [-0.1, -0.05) is 13.0 Å². The molecule has 4 nitrogen and oxygen atoms in total. The molecule has 0 saturated heterocycles. The first kappa shape index (κ1) is 12.6. The average Bonchev–Trinajstić information content (AvgIpc) is 2.21. The molecule has 0 aliphatic rings. The summed E-state index contributed by atoms with van der Waals surface area (Å²) in [5, 5.41) is 5.90. The van der Waals surface area contributed by atoms with Crippen LogP contribution in [-0.4, -0.2) is 23.0 Å². The summed E-state index contributed by atoms with van der Waals surface area (Å²) in [6, 6.07) is 3.72. The van der Waals surface area contributed by atoms with Crippen molar-refractivity contribution < 1.29 is 4.79 Å². The summed E-state index contributed by atoms with van der Waals surface area (Å²) < 4.78 is 0. The number of carbonyl (C=O) groups excluding carboxylic acids is 1. The molecule has 4 heteroatoms. The Kier molecular flexibility index (Phi) is 4.01. The predicted octanol–water partition coefficient (Wildman–Crippen LogP) is 1.72. The van der Waals surface area contributed by atoms with E-state index in [1.807, 2.05) is 33.8 Å². The van der Waals surface area contributed by atoms with Crippen LogP contribution in [0, 0.1) is 6.92 Å². The summed E-state index contributed by atoms with van der Waals surface area (Å²) in [6.45, 7) is 8.38. The monoisotopic (exact) mass is 221 g/mol. The van der Waals surface area contributed by atoms with Crippen molar-refractivity contribution >= 4 is 11.7 Å². The number of aryl methyl sites for hydroxylation is 1. The summed E-state index contributed by atoms with van der Waals surface area (Å²) in [5.74, 6) is 0.507. The van der Waals surface area contributed by atoms with Gasteiger partial charge in [-0.2, -0.15) is 0 Å². The molecule has 0 atom stereocenters. The van der Waals surface area contributed by atoms with E-state index in [2.05, 4.69) is 15.6 Å². The van der Waals surface area contributed by atoms with Crippen molar-refractivity contribution in [3.63, 3.8) is 0 Å². The highest BCUT2D eigenvalue weighted by Crippen LogP contribution is 2.08. The molecule has 0 saturated carbocycles. The molecule has 0 bridgehead atoms.